The van der Waals surface area contributed by atoms with Gasteiger partial charge in [0.15, 0.2) is 5.82 Å². The van der Waals surface area contributed by atoms with Crippen LogP contribution in [0.5, 0.6) is 0 Å². The molecule has 3 nitrogen and oxygen atoms in total. The largest absolute Gasteiger partial charge is 0.416 e. The van der Waals surface area contributed by atoms with E-state index in [1.54, 1.807) is 24.5 Å². The van der Waals surface area contributed by atoms with Gasteiger partial charge in [-0.25, -0.2) is 4.68 Å². The highest BCUT2D eigenvalue weighted by Crippen LogP contribution is 2.42. The first kappa shape index (κ1) is 20.0. The average molecular weight is 442 g/mol. The molecule has 0 saturated carbocycles. The van der Waals surface area contributed by atoms with Gasteiger partial charge in [-0.15, -0.1) is 0 Å². The van der Waals surface area contributed by atoms with Gasteiger partial charge in [-0.3, -0.25) is 0 Å². The fourth-order valence-corrected chi connectivity index (χ4v) is 3.82. The monoisotopic (exact) mass is 441 g/mol. The number of hydrogen-bond acceptors (Lipinski definition) is 2. The van der Waals surface area contributed by atoms with Crippen LogP contribution >= 0.6 is 35.0 Å². The van der Waals surface area contributed by atoms with Gasteiger partial charge in [0.2, 0.25) is 0 Å². The molecule has 11 heteroatoms. The zero-order chi connectivity index (χ0) is 20.0. The third-order valence-electron chi connectivity index (χ3n) is 3.41. The minimum Gasteiger partial charge on any atom is -0.308 e. The molecule has 0 spiro atoms. The van der Waals surface area contributed by atoms with Crippen LogP contribution in [0, 0.1) is 0 Å². The Balaban J connectivity index is 2.21. The highest BCUT2D eigenvalue weighted by molar-refractivity contribution is 8.00. The molecule has 144 valence electrons. The molecule has 0 atom stereocenters. The van der Waals surface area contributed by atoms with E-state index in [0.29, 0.717) is 12.1 Å². The number of alkyl halides is 5. The summed E-state index contributed by atoms with van der Waals surface area (Å²) in [5.41, 5.74) is -1.06. The van der Waals surface area contributed by atoms with Gasteiger partial charge in [-0.1, -0.05) is 23.2 Å². The molecule has 2 heterocycles. The standard InChI is InChI=1S/C16H10Cl2F5N3S/c1-15(19,20)27-12-8-24-26(14(12)25-4-2-3-5-25)13-10(17)6-9(7-11(13)18)16(21,22)23/h2-8H,1H3. The Morgan fingerprint density at radius 1 is 1.00 bits per heavy atom. The van der Waals surface area contributed by atoms with Crippen molar-refractivity contribution >= 4 is 35.0 Å². The van der Waals surface area contributed by atoms with E-state index in [4.69, 9.17) is 23.2 Å². The molecule has 0 amide bonds. The minimum atomic E-state index is -4.63. The predicted octanol–water partition coefficient (Wildman–Crippen LogP) is 6.69. The first-order valence-electron chi connectivity index (χ1n) is 7.32. The molecule has 0 aliphatic carbocycles. The zero-order valence-electron chi connectivity index (χ0n) is 13.4. The Labute approximate surface area is 164 Å². The maximum Gasteiger partial charge on any atom is 0.416 e. The second kappa shape index (κ2) is 7.03. The van der Waals surface area contributed by atoms with E-state index in [1.165, 1.54) is 10.8 Å². The first-order valence-corrected chi connectivity index (χ1v) is 8.89. The highest BCUT2D eigenvalue weighted by Gasteiger charge is 2.33. The van der Waals surface area contributed by atoms with E-state index >= 15 is 0 Å². The normalized spacial score (nSPS) is 12.6. The lowest BCUT2D eigenvalue weighted by Crippen LogP contribution is -2.10. The summed E-state index contributed by atoms with van der Waals surface area (Å²) in [5, 5.41) is 0.310. The van der Waals surface area contributed by atoms with Crippen molar-refractivity contribution in [3.05, 3.63) is 58.5 Å². The van der Waals surface area contributed by atoms with Crippen molar-refractivity contribution in [2.45, 2.75) is 23.3 Å². The van der Waals surface area contributed by atoms with Crippen LogP contribution in [-0.4, -0.2) is 19.6 Å². The number of benzene rings is 1. The quantitative estimate of drug-likeness (QED) is 0.332. The second-order valence-corrected chi connectivity index (χ2v) is 7.71. The van der Waals surface area contributed by atoms with Gasteiger partial charge in [-0.05, 0) is 36.0 Å². The van der Waals surface area contributed by atoms with E-state index in [9.17, 15) is 22.0 Å². The predicted molar refractivity (Wildman–Crippen MR) is 94.4 cm³/mol. The van der Waals surface area contributed by atoms with Crippen molar-refractivity contribution in [3.8, 4) is 11.5 Å². The van der Waals surface area contributed by atoms with Crippen molar-refractivity contribution in [2.24, 2.45) is 0 Å². The molecule has 1 aromatic carbocycles. The molecule has 27 heavy (non-hydrogen) atoms. The summed E-state index contributed by atoms with van der Waals surface area (Å²) in [7, 11) is 0. The average Bonchev–Trinajstić information content (AvgIpc) is 3.13. The molecule has 0 bridgehead atoms. The molecule has 0 aliphatic heterocycles. The van der Waals surface area contributed by atoms with Crippen LogP contribution in [0.25, 0.3) is 11.5 Å². The van der Waals surface area contributed by atoms with Gasteiger partial charge in [0.1, 0.15) is 5.69 Å². The van der Waals surface area contributed by atoms with Crippen molar-refractivity contribution in [2.75, 3.05) is 0 Å². The van der Waals surface area contributed by atoms with Crippen LogP contribution in [0.4, 0.5) is 22.0 Å². The van der Waals surface area contributed by atoms with Crippen molar-refractivity contribution in [3.63, 3.8) is 0 Å². The van der Waals surface area contributed by atoms with Crippen LogP contribution < -0.4 is 0 Å². The van der Waals surface area contributed by atoms with Crippen molar-refractivity contribution < 1.29 is 22.0 Å². The van der Waals surface area contributed by atoms with E-state index in [-0.39, 0.29) is 38.2 Å². The zero-order valence-corrected chi connectivity index (χ0v) is 15.8. The number of thioether (sulfide) groups is 1. The molecule has 0 fully saturated rings. The van der Waals surface area contributed by atoms with Crippen LogP contribution in [0.2, 0.25) is 10.0 Å². The summed E-state index contributed by atoms with van der Waals surface area (Å²) < 4.78 is 68.5. The van der Waals surface area contributed by atoms with Gasteiger partial charge in [0.05, 0.1) is 26.7 Å². The highest BCUT2D eigenvalue weighted by atomic mass is 35.5. The summed E-state index contributed by atoms with van der Waals surface area (Å²) in [5.74, 6) is 0.176. The lowest BCUT2D eigenvalue weighted by atomic mass is 10.2. The summed E-state index contributed by atoms with van der Waals surface area (Å²) in [6.07, 6.45) is -0.291. The Morgan fingerprint density at radius 2 is 1.56 bits per heavy atom. The van der Waals surface area contributed by atoms with Gasteiger partial charge >= 0.3 is 6.18 Å². The fourth-order valence-electron chi connectivity index (χ4n) is 2.40. The third-order valence-corrected chi connectivity index (χ3v) is 4.85. The van der Waals surface area contributed by atoms with Crippen LogP contribution in [-0.2, 0) is 6.18 Å². The summed E-state index contributed by atoms with van der Waals surface area (Å²) in [6.45, 7) is 0.729. The molecule has 0 N–H and O–H groups in total. The van der Waals surface area contributed by atoms with Crippen molar-refractivity contribution in [1.29, 1.82) is 0 Å². The number of hydrogen-bond donors (Lipinski definition) is 0. The maximum atomic E-state index is 13.5. The van der Waals surface area contributed by atoms with Crippen LogP contribution in [0.3, 0.4) is 0 Å². The molecule has 0 aliphatic rings. The van der Waals surface area contributed by atoms with E-state index in [2.05, 4.69) is 5.10 Å². The topological polar surface area (TPSA) is 22.8 Å². The number of rotatable bonds is 4. The Morgan fingerprint density at radius 3 is 2.04 bits per heavy atom. The molecular weight excluding hydrogens is 432 g/mol. The molecule has 2 aromatic heterocycles. The van der Waals surface area contributed by atoms with Gasteiger partial charge in [0.25, 0.3) is 5.25 Å². The van der Waals surface area contributed by atoms with Crippen LogP contribution in [0.15, 0.2) is 47.8 Å². The summed E-state index contributed by atoms with van der Waals surface area (Å²) >= 11 is 12.3. The first-order chi connectivity index (χ1) is 12.5. The number of aromatic nitrogens is 3. The SMILES string of the molecule is CC(F)(F)Sc1cnn(-c2c(Cl)cc(C(F)(F)F)cc2Cl)c1-n1cccc1. The second-order valence-electron chi connectivity index (χ2n) is 5.53. The molecule has 0 unspecified atom stereocenters. The van der Waals surface area contributed by atoms with Gasteiger partial charge < -0.3 is 4.57 Å². The number of nitrogens with zero attached hydrogens (tertiary/aromatic N) is 3. The summed E-state index contributed by atoms with van der Waals surface area (Å²) in [4.78, 5) is 0.103. The van der Waals surface area contributed by atoms with Crippen LogP contribution in [0.1, 0.15) is 12.5 Å². The van der Waals surface area contributed by atoms with E-state index in [1.807, 2.05) is 0 Å². The van der Waals surface area contributed by atoms with Crippen molar-refractivity contribution in [1.82, 2.24) is 14.3 Å². The Kier molecular flexibility index (Phi) is 5.22. The maximum absolute atomic E-state index is 13.5. The Bertz CT molecular complexity index is 939. The smallest absolute Gasteiger partial charge is 0.308 e. The molecule has 3 aromatic rings. The number of halogens is 7. The van der Waals surface area contributed by atoms with E-state index < -0.39 is 17.0 Å². The van der Waals surface area contributed by atoms with Gasteiger partial charge in [-0.2, -0.15) is 27.1 Å². The fraction of sp³-hybridized carbons (Fsp3) is 0.188. The Hall–Kier alpha value is -1.71. The molecule has 0 radical (unpaired) electrons. The molecular formula is C16H10Cl2F5N3S. The molecule has 0 saturated heterocycles. The summed E-state index contributed by atoms with van der Waals surface area (Å²) in [6, 6.07) is 4.74. The third kappa shape index (κ3) is 4.25. The lowest BCUT2D eigenvalue weighted by molar-refractivity contribution is -0.137. The lowest BCUT2D eigenvalue weighted by Gasteiger charge is -2.16. The van der Waals surface area contributed by atoms with E-state index in [0.717, 1.165) is 11.6 Å². The molecule has 3 rings (SSSR count). The van der Waals surface area contributed by atoms with Gasteiger partial charge in [0, 0.05) is 19.3 Å². The minimum absolute atomic E-state index is 0.0405.